The summed E-state index contributed by atoms with van der Waals surface area (Å²) in [6.45, 7) is 3.79. The first-order valence-electron chi connectivity index (χ1n) is 6.29. The van der Waals surface area contributed by atoms with Gasteiger partial charge in [0.25, 0.3) is 0 Å². The highest BCUT2D eigenvalue weighted by Gasteiger charge is 2.22. The summed E-state index contributed by atoms with van der Waals surface area (Å²) in [7, 11) is 0. The second kappa shape index (κ2) is 4.65. The first kappa shape index (κ1) is 12.4. The number of phenols is 1. The number of halogens is 1. The lowest BCUT2D eigenvalue weighted by Gasteiger charge is -2.15. The van der Waals surface area contributed by atoms with Gasteiger partial charge >= 0.3 is 0 Å². The summed E-state index contributed by atoms with van der Waals surface area (Å²) in [6, 6.07) is 1.87. The highest BCUT2D eigenvalue weighted by atomic mass is 19.1. The van der Waals surface area contributed by atoms with Crippen molar-refractivity contribution in [2.75, 3.05) is 0 Å². The standard InChI is InChI=1S/C14H20FNO/c1-8(2)13-12(17)7-9-3-4-10(16)5-6-11(9)14(13)15/h7-8,10,17H,3-6,16H2,1-2H3/t10-/m1/s1. The van der Waals surface area contributed by atoms with Gasteiger partial charge in [0.2, 0.25) is 0 Å². The van der Waals surface area contributed by atoms with Crippen LogP contribution in [0, 0.1) is 5.82 Å². The Bertz CT molecular complexity index is 429. The van der Waals surface area contributed by atoms with Crippen LogP contribution in [0.25, 0.3) is 0 Å². The molecule has 0 aromatic heterocycles. The molecule has 0 unspecified atom stereocenters. The number of hydrogen-bond acceptors (Lipinski definition) is 2. The molecule has 2 rings (SSSR count). The molecule has 3 heteroatoms. The number of fused-ring (bicyclic) bond motifs is 1. The Morgan fingerprint density at radius 1 is 1.35 bits per heavy atom. The number of benzene rings is 1. The summed E-state index contributed by atoms with van der Waals surface area (Å²) in [5, 5.41) is 9.90. The van der Waals surface area contributed by atoms with Crippen molar-refractivity contribution >= 4 is 0 Å². The molecule has 94 valence electrons. The van der Waals surface area contributed by atoms with Crippen LogP contribution in [0.2, 0.25) is 0 Å². The van der Waals surface area contributed by atoms with E-state index in [2.05, 4.69) is 0 Å². The fourth-order valence-corrected chi connectivity index (χ4v) is 2.60. The Hall–Kier alpha value is -1.09. The number of rotatable bonds is 1. The second-order valence-electron chi connectivity index (χ2n) is 5.25. The van der Waals surface area contributed by atoms with E-state index in [4.69, 9.17) is 5.73 Å². The van der Waals surface area contributed by atoms with E-state index in [1.54, 1.807) is 6.07 Å². The van der Waals surface area contributed by atoms with Gasteiger partial charge in [0.15, 0.2) is 0 Å². The Kier molecular flexibility index (Phi) is 3.38. The van der Waals surface area contributed by atoms with Crippen LogP contribution in [0.15, 0.2) is 6.07 Å². The molecule has 0 saturated carbocycles. The molecular weight excluding hydrogens is 217 g/mol. The van der Waals surface area contributed by atoms with Crippen molar-refractivity contribution in [1.82, 2.24) is 0 Å². The molecule has 0 bridgehead atoms. The summed E-state index contributed by atoms with van der Waals surface area (Å²) >= 11 is 0. The predicted molar refractivity (Wildman–Crippen MR) is 66.8 cm³/mol. The molecule has 1 aromatic carbocycles. The number of nitrogens with two attached hydrogens (primary N) is 1. The molecule has 0 saturated heterocycles. The zero-order chi connectivity index (χ0) is 12.6. The first-order valence-corrected chi connectivity index (χ1v) is 6.29. The molecule has 0 amide bonds. The van der Waals surface area contributed by atoms with Crippen LogP contribution in [0.5, 0.6) is 5.75 Å². The van der Waals surface area contributed by atoms with Crippen molar-refractivity contribution in [2.45, 2.75) is 51.5 Å². The van der Waals surface area contributed by atoms with Gasteiger partial charge in [-0.15, -0.1) is 0 Å². The van der Waals surface area contributed by atoms with Crippen molar-refractivity contribution in [3.63, 3.8) is 0 Å². The summed E-state index contributed by atoms with van der Waals surface area (Å²) in [6.07, 6.45) is 3.14. The van der Waals surface area contributed by atoms with Gasteiger partial charge in [-0.25, -0.2) is 4.39 Å². The smallest absolute Gasteiger partial charge is 0.133 e. The van der Waals surface area contributed by atoms with Gasteiger partial charge in [0.1, 0.15) is 11.6 Å². The monoisotopic (exact) mass is 237 g/mol. The molecule has 1 aromatic rings. The molecule has 0 fully saturated rings. The van der Waals surface area contributed by atoms with Crippen LogP contribution >= 0.6 is 0 Å². The SMILES string of the molecule is CC(C)c1c(O)cc2c(c1F)CC[C@H](N)CC2. The average molecular weight is 237 g/mol. The zero-order valence-electron chi connectivity index (χ0n) is 10.5. The quantitative estimate of drug-likeness (QED) is 0.738. The molecule has 0 spiro atoms. The maximum atomic E-state index is 14.4. The number of aromatic hydroxyl groups is 1. The Morgan fingerprint density at radius 2 is 2.00 bits per heavy atom. The minimum absolute atomic E-state index is 0.00257. The van der Waals surface area contributed by atoms with Gasteiger partial charge in [0.05, 0.1) is 0 Å². The lowest BCUT2D eigenvalue weighted by atomic mass is 9.93. The van der Waals surface area contributed by atoms with E-state index >= 15 is 0 Å². The molecule has 0 aliphatic heterocycles. The highest BCUT2D eigenvalue weighted by Crippen LogP contribution is 2.35. The molecular formula is C14H20FNO. The zero-order valence-corrected chi connectivity index (χ0v) is 10.5. The third-order valence-corrected chi connectivity index (χ3v) is 3.60. The first-order chi connectivity index (χ1) is 8.00. The lowest BCUT2D eigenvalue weighted by molar-refractivity contribution is 0.450. The summed E-state index contributed by atoms with van der Waals surface area (Å²) in [5.74, 6) is -0.131. The van der Waals surface area contributed by atoms with Gasteiger partial charge in [-0.05, 0) is 48.8 Å². The number of aryl methyl sites for hydroxylation is 1. The summed E-state index contributed by atoms with van der Waals surface area (Å²) < 4.78 is 14.4. The normalized spacial score (nSPS) is 20.2. The van der Waals surface area contributed by atoms with E-state index in [-0.39, 0.29) is 23.5 Å². The van der Waals surface area contributed by atoms with Crippen molar-refractivity contribution < 1.29 is 9.50 Å². The van der Waals surface area contributed by atoms with Gasteiger partial charge in [-0.1, -0.05) is 13.8 Å². The molecule has 3 N–H and O–H groups in total. The third-order valence-electron chi connectivity index (χ3n) is 3.60. The molecule has 0 radical (unpaired) electrons. The van der Waals surface area contributed by atoms with E-state index in [1.807, 2.05) is 13.8 Å². The molecule has 17 heavy (non-hydrogen) atoms. The largest absolute Gasteiger partial charge is 0.508 e. The Balaban J connectivity index is 2.51. The van der Waals surface area contributed by atoms with Crippen LogP contribution in [0.4, 0.5) is 4.39 Å². The van der Waals surface area contributed by atoms with E-state index in [1.165, 1.54) is 0 Å². The Labute approximate surface area is 102 Å². The fraction of sp³-hybridized carbons (Fsp3) is 0.571. The fourth-order valence-electron chi connectivity index (χ4n) is 2.60. The van der Waals surface area contributed by atoms with Gasteiger partial charge < -0.3 is 10.8 Å². The highest BCUT2D eigenvalue weighted by molar-refractivity contribution is 5.45. The molecule has 1 aliphatic rings. The van der Waals surface area contributed by atoms with Crippen LogP contribution in [0.3, 0.4) is 0 Å². The Morgan fingerprint density at radius 3 is 2.65 bits per heavy atom. The number of hydrogen-bond donors (Lipinski definition) is 2. The minimum atomic E-state index is -0.218. The molecule has 2 nitrogen and oxygen atoms in total. The average Bonchev–Trinajstić information content (AvgIpc) is 2.41. The van der Waals surface area contributed by atoms with Crippen LogP contribution in [0.1, 0.15) is 49.3 Å². The van der Waals surface area contributed by atoms with E-state index < -0.39 is 0 Å². The van der Waals surface area contributed by atoms with Crippen LogP contribution in [-0.2, 0) is 12.8 Å². The van der Waals surface area contributed by atoms with E-state index in [9.17, 15) is 9.50 Å². The van der Waals surface area contributed by atoms with Gasteiger partial charge in [-0.3, -0.25) is 0 Å². The van der Waals surface area contributed by atoms with E-state index in [0.29, 0.717) is 12.0 Å². The lowest BCUT2D eigenvalue weighted by Crippen LogP contribution is -2.19. The molecule has 0 heterocycles. The molecule has 1 atom stereocenters. The van der Waals surface area contributed by atoms with E-state index in [0.717, 1.165) is 30.4 Å². The van der Waals surface area contributed by atoms with Crippen LogP contribution in [-0.4, -0.2) is 11.1 Å². The summed E-state index contributed by atoms with van der Waals surface area (Å²) in [5.41, 5.74) is 8.05. The topological polar surface area (TPSA) is 46.2 Å². The second-order valence-corrected chi connectivity index (χ2v) is 5.25. The van der Waals surface area contributed by atoms with Crippen molar-refractivity contribution in [1.29, 1.82) is 0 Å². The van der Waals surface area contributed by atoms with Crippen molar-refractivity contribution in [3.8, 4) is 5.75 Å². The number of phenolic OH excluding ortho intramolecular Hbond substituents is 1. The minimum Gasteiger partial charge on any atom is -0.508 e. The molecule has 1 aliphatic carbocycles. The van der Waals surface area contributed by atoms with Gasteiger partial charge in [-0.2, -0.15) is 0 Å². The van der Waals surface area contributed by atoms with Crippen molar-refractivity contribution in [3.05, 3.63) is 28.6 Å². The van der Waals surface area contributed by atoms with Crippen LogP contribution < -0.4 is 5.73 Å². The summed E-state index contributed by atoms with van der Waals surface area (Å²) in [4.78, 5) is 0. The maximum Gasteiger partial charge on any atom is 0.133 e. The van der Waals surface area contributed by atoms with Gasteiger partial charge in [0, 0.05) is 11.6 Å². The maximum absolute atomic E-state index is 14.4. The van der Waals surface area contributed by atoms with Crippen molar-refractivity contribution in [2.24, 2.45) is 5.73 Å². The predicted octanol–water partition coefficient (Wildman–Crippen LogP) is 2.86. The third kappa shape index (κ3) is 2.29.